The van der Waals surface area contributed by atoms with Crippen molar-refractivity contribution in [2.24, 2.45) is 4.99 Å². The van der Waals surface area contributed by atoms with E-state index in [-0.39, 0.29) is 0 Å². The molecule has 7 heteroatoms. The van der Waals surface area contributed by atoms with Gasteiger partial charge in [-0.2, -0.15) is 0 Å². The third-order valence-corrected chi connectivity index (χ3v) is 5.48. The third-order valence-electron chi connectivity index (χ3n) is 3.31. The van der Waals surface area contributed by atoms with Crippen LogP contribution in [0.5, 0.6) is 0 Å². The number of anilines is 1. The van der Waals surface area contributed by atoms with Gasteiger partial charge in [-0.05, 0) is 6.92 Å². The normalized spacial score (nSPS) is 12.9. The van der Waals surface area contributed by atoms with Crippen molar-refractivity contribution < 1.29 is 26.4 Å². The fourth-order valence-electron chi connectivity index (χ4n) is 1.90. The summed E-state index contributed by atoms with van der Waals surface area (Å²) in [6, 6.07) is 0. The zero-order valence-corrected chi connectivity index (χ0v) is 20.6. The van der Waals surface area contributed by atoms with Crippen molar-refractivity contribution in [3.63, 3.8) is 0 Å². The molecule has 24 heavy (non-hydrogen) atoms. The molecule has 0 aliphatic heterocycles. The number of aromatic nitrogens is 3. The van der Waals surface area contributed by atoms with E-state index >= 15 is 0 Å². The molecule has 0 spiro atoms. The summed E-state index contributed by atoms with van der Waals surface area (Å²) in [5.74, 6) is 0. The Labute approximate surface area is 163 Å². The Morgan fingerprint density at radius 3 is 2.88 bits per heavy atom. The van der Waals surface area contributed by atoms with Crippen molar-refractivity contribution in [1.82, 2.24) is 12.5 Å². The van der Waals surface area contributed by atoms with Gasteiger partial charge in [0.25, 0.3) is 0 Å². The first kappa shape index (κ1) is 18.8. The monoisotopic (exact) mass is 528 g/mol. The molecule has 0 atom stereocenters. The number of nitrogens with one attached hydrogen (secondary N) is 1. The SMILES string of the molecule is C=C(Nc1ncc(C)s1)C(C)=N/C=C(\C/C=C\C)c1cn[n]([Hg])c1. The minimum absolute atomic E-state index is 0.462. The van der Waals surface area contributed by atoms with Crippen LogP contribution in [0.15, 0.2) is 54.2 Å². The average molecular weight is 527 g/mol. The number of rotatable bonds is 7. The zero-order chi connectivity index (χ0) is 17.5. The van der Waals surface area contributed by atoms with Gasteiger partial charge in [-0.25, -0.2) is 0 Å². The molecule has 0 amide bonds. The summed E-state index contributed by atoms with van der Waals surface area (Å²) in [7, 11) is 0. The van der Waals surface area contributed by atoms with E-state index in [9.17, 15) is 0 Å². The summed E-state index contributed by atoms with van der Waals surface area (Å²) >= 11 is 2.06. The molecular weight excluding hydrogens is 507 g/mol. The van der Waals surface area contributed by atoms with Gasteiger partial charge in [0.05, 0.1) is 0 Å². The molecule has 0 aromatic carbocycles. The molecule has 1 N–H and O–H groups in total. The molecule has 0 fully saturated rings. The molecule has 2 heterocycles. The van der Waals surface area contributed by atoms with Crippen molar-refractivity contribution in [2.45, 2.75) is 27.2 Å². The molecule has 0 aliphatic carbocycles. The Balaban J connectivity index is 2.15. The Hall–Kier alpha value is -1.53. The van der Waals surface area contributed by atoms with Crippen molar-refractivity contribution >= 4 is 27.8 Å². The van der Waals surface area contributed by atoms with E-state index in [1.807, 2.05) is 47.9 Å². The summed E-state index contributed by atoms with van der Waals surface area (Å²) in [6.07, 6.45) is 12.7. The van der Waals surface area contributed by atoms with Crippen LogP contribution in [-0.4, -0.2) is 18.2 Å². The summed E-state index contributed by atoms with van der Waals surface area (Å²) in [6.45, 7) is 10.0. The summed E-state index contributed by atoms with van der Waals surface area (Å²) in [4.78, 5) is 10.0. The maximum atomic E-state index is 4.58. The van der Waals surface area contributed by atoms with Crippen molar-refractivity contribution in [3.05, 3.63) is 59.7 Å². The first-order valence-electron chi connectivity index (χ1n) is 7.59. The quantitative estimate of drug-likeness (QED) is 0.331. The standard InChI is InChI=1S/C17H20N5S.Hg/c1-5-6-7-15(16-10-20-21-11-16)9-18-13(3)14(4)22-17-19-8-12(2)23-17;/h5-6,8-11H,4,7H2,1-3H3,(H-,19,20,21,22);/q-1;+1/b6-5-,15-9+,18-13?;. The van der Waals surface area contributed by atoms with Crippen LogP contribution in [0.25, 0.3) is 5.57 Å². The van der Waals surface area contributed by atoms with Crippen LogP contribution in [0.4, 0.5) is 5.13 Å². The predicted molar refractivity (Wildman–Crippen MR) is 97.8 cm³/mol. The Morgan fingerprint density at radius 1 is 1.50 bits per heavy atom. The minimum atomic E-state index is 0.462. The topological polar surface area (TPSA) is 55.1 Å². The maximum absolute atomic E-state index is 4.58. The molecule has 0 bridgehead atoms. The van der Waals surface area contributed by atoms with Crippen LogP contribution >= 0.6 is 11.3 Å². The molecule has 2 rings (SSSR count). The van der Waals surface area contributed by atoms with Crippen LogP contribution in [0, 0.1) is 6.92 Å². The number of allylic oxidation sites excluding steroid dienone is 4. The van der Waals surface area contributed by atoms with Crippen LogP contribution in [0.2, 0.25) is 0 Å². The predicted octanol–water partition coefficient (Wildman–Crippen LogP) is 4.35. The molecule has 2 aromatic heterocycles. The van der Waals surface area contributed by atoms with Gasteiger partial charge in [0, 0.05) is 0 Å². The molecular formula is C17H20HgN5S. The van der Waals surface area contributed by atoms with Crippen LogP contribution in [-0.2, 0) is 26.4 Å². The van der Waals surface area contributed by atoms with Gasteiger partial charge in [0.2, 0.25) is 0 Å². The summed E-state index contributed by atoms with van der Waals surface area (Å²) in [5, 5.41) is 8.36. The Bertz CT molecular complexity index is 798. The van der Waals surface area contributed by atoms with Gasteiger partial charge < -0.3 is 0 Å². The van der Waals surface area contributed by atoms with Crippen molar-refractivity contribution in [3.8, 4) is 0 Å². The second kappa shape index (κ2) is 9.08. The molecule has 0 saturated heterocycles. The Kier molecular flexibility index (Phi) is 7.11. The second-order valence-corrected chi connectivity index (χ2v) is 9.04. The fourth-order valence-corrected chi connectivity index (χ4v) is 3.68. The molecule has 0 saturated carbocycles. The zero-order valence-electron chi connectivity index (χ0n) is 14.3. The van der Waals surface area contributed by atoms with Crippen LogP contribution < -0.4 is 5.32 Å². The van der Waals surface area contributed by atoms with E-state index < -0.39 is 0 Å². The van der Waals surface area contributed by atoms with Gasteiger partial charge in [-0.15, -0.1) is 0 Å². The number of hydrogen-bond acceptors (Lipinski definition) is 5. The fraction of sp³-hybridized carbons (Fsp3) is 0.235. The molecule has 0 unspecified atom stereocenters. The van der Waals surface area contributed by atoms with E-state index in [0.29, 0.717) is 26.4 Å². The van der Waals surface area contributed by atoms with Crippen molar-refractivity contribution in [1.29, 1.82) is 0 Å². The molecule has 121 valence electrons. The molecule has 0 radical (unpaired) electrons. The van der Waals surface area contributed by atoms with Gasteiger partial charge in [0.1, 0.15) is 0 Å². The van der Waals surface area contributed by atoms with Gasteiger partial charge in [-0.3, -0.25) is 0 Å². The number of nitrogens with zero attached hydrogens (tertiary/aromatic N) is 4. The summed E-state index contributed by atoms with van der Waals surface area (Å²) in [5.41, 5.74) is 3.85. The Morgan fingerprint density at radius 2 is 2.29 bits per heavy atom. The van der Waals surface area contributed by atoms with E-state index in [2.05, 4.69) is 39.2 Å². The van der Waals surface area contributed by atoms with Gasteiger partial charge in [0.15, 0.2) is 0 Å². The number of aryl methyl sites for hydroxylation is 1. The van der Waals surface area contributed by atoms with E-state index in [1.165, 1.54) is 0 Å². The number of aliphatic imine (C=N–C) groups is 1. The second-order valence-electron chi connectivity index (χ2n) is 5.29. The molecule has 0 aliphatic rings. The number of thiazole rings is 1. The van der Waals surface area contributed by atoms with Gasteiger partial charge >= 0.3 is 157 Å². The molecule has 5 nitrogen and oxygen atoms in total. The third kappa shape index (κ3) is 5.52. The van der Waals surface area contributed by atoms with E-state index in [4.69, 9.17) is 0 Å². The van der Waals surface area contributed by atoms with Crippen molar-refractivity contribution in [2.75, 3.05) is 5.32 Å². The molecule has 2 aromatic rings. The van der Waals surface area contributed by atoms with Crippen LogP contribution in [0.1, 0.15) is 30.7 Å². The average Bonchev–Trinajstić information content (AvgIpc) is 3.15. The first-order valence-corrected chi connectivity index (χ1v) is 10.9. The first-order chi connectivity index (χ1) is 11.5. The van der Waals surface area contributed by atoms with E-state index in [1.54, 1.807) is 11.3 Å². The van der Waals surface area contributed by atoms with E-state index in [0.717, 1.165) is 39.0 Å². The summed E-state index contributed by atoms with van der Waals surface area (Å²) < 4.78 is 1.99. The van der Waals surface area contributed by atoms with Gasteiger partial charge in [-0.1, -0.05) is 0 Å². The number of hydrogen-bond donors (Lipinski definition) is 1. The van der Waals surface area contributed by atoms with Crippen LogP contribution in [0.3, 0.4) is 0 Å².